The lowest BCUT2D eigenvalue weighted by Gasteiger charge is -2.30. The molecule has 0 bridgehead atoms. The van der Waals surface area contributed by atoms with Gasteiger partial charge in [0.05, 0.1) is 11.7 Å². The lowest BCUT2D eigenvalue weighted by atomic mass is 9.94. The van der Waals surface area contributed by atoms with E-state index in [-0.39, 0.29) is 0 Å². The van der Waals surface area contributed by atoms with E-state index in [0.29, 0.717) is 5.92 Å². The summed E-state index contributed by atoms with van der Waals surface area (Å²) < 4.78 is 1.97. The molecule has 0 aromatic carbocycles. The molecule has 198 valence electrons. The van der Waals surface area contributed by atoms with Crippen molar-refractivity contribution in [2.75, 3.05) is 25.5 Å². The minimum Gasteiger partial charge on any atom is -0.344 e. The van der Waals surface area contributed by atoms with Gasteiger partial charge in [0, 0.05) is 29.1 Å². The van der Waals surface area contributed by atoms with Gasteiger partial charge in [-0.1, -0.05) is 45.4 Å². The Kier molecular flexibility index (Phi) is 10.7. The van der Waals surface area contributed by atoms with Crippen molar-refractivity contribution in [1.29, 1.82) is 0 Å². The van der Waals surface area contributed by atoms with Gasteiger partial charge in [0.1, 0.15) is 5.82 Å². The molecular weight excluding hydrogens is 454 g/mol. The van der Waals surface area contributed by atoms with Crippen LogP contribution in [0.4, 0.5) is 5.82 Å². The zero-order chi connectivity index (χ0) is 26.8. The summed E-state index contributed by atoms with van der Waals surface area (Å²) in [6.07, 6.45) is 14.2. The normalized spacial score (nSPS) is 14.2. The fraction of sp³-hybridized carbons (Fsp3) is 0.438. The lowest BCUT2D eigenvalue weighted by molar-refractivity contribution is 0.239. The SMILES string of the molecule is C=C(c1ccn2ncc(CCCCCC)c2c1)c1ccc(NC(=C)C2CCN(C)CC2)nc1C.C=CC. The van der Waals surface area contributed by atoms with E-state index in [1.165, 1.54) is 36.8 Å². The molecule has 0 atom stereocenters. The van der Waals surface area contributed by atoms with Gasteiger partial charge in [-0.05, 0) is 101 Å². The highest BCUT2D eigenvalue weighted by atomic mass is 15.2. The van der Waals surface area contributed by atoms with E-state index < -0.39 is 0 Å². The van der Waals surface area contributed by atoms with Crippen LogP contribution < -0.4 is 5.32 Å². The average Bonchev–Trinajstić information content (AvgIpc) is 3.29. The van der Waals surface area contributed by atoms with E-state index in [2.05, 4.69) is 74.1 Å². The van der Waals surface area contributed by atoms with Gasteiger partial charge in [-0.3, -0.25) is 0 Å². The van der Waals surface area contributed by atoms with Crippen LogP contribution >= 0.6 is 0 Å². The molecule has 1 N–H and O–H groups in total. The Hall–Kier alpha value is -3.18. The zero-order valence-corrected chi connectivity index (χ0v) is 23.4. The van der Waals surface area contributed by atoms with Gasteiger partial charge in [0.15, 0.2) is 0 Å². The van der Waals surface area contributed by atoms with Crippen molar-refractivity contribution in [3.05, 3.63) is 90.6 Å². The van der Waals surface area contributed by atoms with E-state index >= 15 is 0 Å². The summed E-state index contributed by atoms with van der Waals surface area (Å²) >= 11 is 0. The molecule has 3 aromatic rings. The van der Waals surface area contributed by atoms with Gasteiger partial charge in [0.2, 0.25) is 0 Å². The summed E-state index contributed by atoms with van der Waals surface area (Å²) in [5.41, 5.74) is 7.71. The highest BCUT2D eigenvalue weighted by molar-refractivity contribution is 5.81. The van der Waals surface area contributed by atoms with Gasteiger partial charge in [0.25, 0.3) is 0 Å². The Morgan fingerprint density at radius 2 is 1.86 bits per heavy atom. The van der Waals surface area contributed by atoms with Crippen LogP contribution in [0.3, 0.4) is 0 Å². The monoisotopic (exact) mass is 499 g/mol. The third-order valence-corrected chi connectivity index (χ3v) is 7.16. The average molecular weight is 500 g/mol. The second kappa shape index (κ2) is 13.9. The number of pyridine rings is 2. The van der Waals surface area contributed by atoms with E-state index in [4.69, 9.17) is 4.98 Å². The molecule has 0 radical (unpaired) electrons. The maximum absolute atomic E-state index is 4.84. The topological polar surface area (TPSA) is 45.5 Å². The molecule has 0 saturated carbocycles. The van der Waals surface area contributed by atoms with Gasteiger partial charge in [-0.25, -0.2) is 9.50 Å². The van der Waals surface area contributed by atoms with Crippen LogP contribution in [0.5, 0.6) is 0 Å². The van der Waals surface area contributed by atoms with Crippen molar-refractivity contribution in [3.63, 3.8) is 0 Å². The Labute approximate surface area is 224 Å². The number of aryl methyl sites for hydroxylation is 2. The van der Waals surface area contributed by atoms with Crippen molar-refractivity contribution in [1.82, 2.24) is 19.5 Å². The third kappa shape index (κ3) is 7.65. The molecular formula is C32H45N5. The summed E-state index contributed by atoms with van der Waals surface area (Å²) in [6, 6.07) is 8.49. The van der Waals surface area contributed by atoms with Crippen LogP contribution in [0, 0.1) is 12.8 Å². The molecule has 3 aromatic heterocycles. The van der Waals surface area contributed by atoms with E-state index in [1.807, 2.05) is 29.9 Å². The molecule has 0 aliphatic carbocycles. The van der Waals surface area contributed by atoms with Crippen LogP contribution in [0.1, 0.15) is 74.8 Å². The number of fused-ring (bicyclic) bond motifs is 1. The van der Waals surface area contributed by atoms with Crippen LogP contribution in [-0.2, 0) is 6.42 Å². The molecule has 0 unspecified atom stereocenters. The molecule has 0 amide bonds. The van der Waals surface area contributed by atoms with Gasteiger partial charge < -0.3 is 10.2 Å². The molecule has 5 nitrogen and oxygen atoms in total. The number of anilines is 1. The maximum atomic E-state index is 4.84. The number of hydrogen-bond donors (Lipinski definition) is 1. The molecule has 0 spiro atoms. The Bertz CT molecular complexity index is 1200. The number of allylic oxidation sites excluding steroid dienone is 2. The van der Waals surface area contributed by atoms with E-state index in [0.717, 1.165) is 66.3 Å². The second-order valence-electron chi connectivity index (χ2n) is 10.2. The number of nitrogens with one attached hydrogen (secondary N) is 1. The quantitative estimate of drug-likeness (QED) is 0.229. The molecule has 1 fully saturated rings. The first-order valence-electron chi connectivity index (χ1n) is 13.7. The molecule has 1 aliphatic heterocycles. The second-order valence-corrected chi connectivity index (χ2v) is 10.2. The van der Waals surface area contributed by atoms with Crippen LogP contribution in [0.15, 0.2) is 68.2 Å². The third-order valence-electron chi connectivity index (χ3n) is 7.16. The van der Waals surface area contributed by atoms with Crippen molar-refractivity contribution in [3.8, 4) is 0 Å². The van der Waals surface area contributed by atoms with Crippen LogP contribution in [0.25, 0.3) is 11.1 Å². The Balaban J connectivity index is 0.00000121. The summed E-state index contributed by atoms with van der Waals surface area (Å²) in [5.74, 6) is 1.37. The smallest absolute Gasteiger partial charge is 0.130 e. The van der Waals surface area contributed by atoms with Crippen LogP contribution in [0.2, 0.25) is 0 Å². The van der Waals surface area contributed by atoms with Crippen molar-refractivity contribution >= 4 is 16.9 Å². The molecule has 37 heavy (non-hydrogen) atoms. The Morgan fingerprint density at radius 3 is 2.54 bits per heavy atom. The predicted molar refractivity (Wildman–Crippen MR) is 159 cm³/mol. The molecule has 1 saturated heterocycles. The molecule has 5 heteroatoms. The molecule has 4 rings (SSSR count). The first kappa shape index (κ1) is 28.4. The largest absolute Gasteiger partial charge is 0.344 e. The highest BCUT2D eigenvalue weighted by Gasteiger charge is 2.20. The zero-order valence-electron chi connectivity index (χ0n) is 23.4. The maximum Gasteiger partial charge on any atom is 0.130 e. The molecule has 4 heterocycles. The number of nitrogens with zero attached hydrogens (tertiary/aromatic N) is 4. The van der Waals surface area contributed by atoms with Crippen molar-refractivity contribution in [2.45, 2.75) is 65.7 Å². The van der Waals surface area contributed by atoms with Gasteiger partial charge in [-0.2, -0.15) is 5.10 Å². The fourth-order valence-electron chi connectivity index (χ4n) is 4.88. The first-order valence-corrected chi connectivity index (χ1v) is 13.7. The standard InChI is InChI=1S/C29H39N5.C3H6/c1-6-7-8-9-10-26-20-30-34-18-15-25(19-28(26)34)21(2)27-11-12-29(32-23(27)4)31-22(3)24-13-16-33(5)17-14-24;1-3-2/h11-12,15,18-20,24H,2-3,6-10,13-14,16-17H2,1,4-5H3,(H,31,32);3H,1H2,2H3. The minimum atomic E-state index is 0.506. The summed E-state index contributed by atoms with van der Waals surface area (Å²) in [5, 5.41) is 8.01. The summed E-state index contributed by atoms with van der Waals surface area (Å²) in [4.78, 5) is 7.21. The van der Waals surface area contributed by atoms with Gasteiger partial charge >= 0.3 is 0 Å². The number of piperidine rings is 1. The predicted octanol–water partition coefficient (Wildman–Crippen LogP) is 7.68. The lowest BCUT2D eigenvalue weighted by Crippen LogP contribution is -2.32. The fourth-order valence-corrected chi connectivity index (χ4v) is 4.88. The summed E-state index contributed by atoms with van der Waals surface area (Å²) in [6.45, 7) is 20.5. The van der Waals surface area contributed by atoms with Crippen molar-refractivity contribution in [2.24, 2.45) is 5.92 Å². The van der Waals surface area contributed by atoms with Gasteiger partial charge in [-0.15, -0.1) is 6.58 Å². The highest BCUT2D eigenvalue weighted by Crippen LogP contribution is 2.28. The Morgan fingerprint density at radius 1 is 1.14 bits per heavy atom. The van der Waals surface area contributed by atoms with Crippen LogP contribution in [-0.4, -0.2) is 39.6 Å². The minimum absolute atomic E-state index is 0.506. The number of rotatable bonds is 10. The van der Waals surface area contributed by atoms with Crippen molar-refractivity contribution < 1.29 is 0 Å². The first-order chi connectivity index (χ1) is 17.9. The molecule has 1 aliphatic rings. The van der Waals surface area contributed by atoms with E-state index in [9.17, 15) is 0 Å². The number of likely N-dealkylation sites (tertiary alicyclic amines) is 1. The summed E-state index contributed by atoms with van der Waals surface area (Å²) in [7, 11) is 2.18. The number of aromatic nitrogens is 3. The number of unbranched alkanes of at least 4 members (excludes halogenated alkanes) is 3. The van der Waals surface area contributed by atoms with E-state index in [1.54, 1.807) is 6.08 Å². The number of hydrogen-bond acceptors (Lipinski definition) is 4.